The van der Waals surface area contributed by atoms with Crippen LogP contribution in [-0.2, 0) is 0 Å². The van der Waals surface area contributed by atoms with Crippen LogP contribution in [0.15, 0.2) is 93.6 Å². The molecule has 0 saturated heterocycles. The van der Waals surface area contributed by atoms with Crippen LogP contribution in [0, 0.1) is 13.8 Å². The maximum Gasteiger partial charge on any atom is 0.271 e. The van der Waals surface area contributed by atoms with Gasteiger partial charge in [0.15, 0.2) is 0 Å². The molecule has 1 aromatic heterocycles. The number of aryl methyl sites for hydroxylation is 2. The number of ether oxygens (including phenoxy) is 1. The molecule has 4 aromatic rings. The van der Waals surface area contributed by atoms with Gasteiger partial charge in [0.1, 0.15) is 10.8 Å². The van der Waals surface area contributed by atoms with Crippen molar-refractivity contribution >= 4 is 23.4 Å². The lowest BCUT2D eigenvalue weighted by atomic mass is 10.1. The maximum absolute atomic E-state index is 12.7. The Hall–Kier alpha value is -3.84. The summed E-state index contributed by atoms with van der Waals surface area (Å²) >= 11 is 1.48. The Labute approximate surface area is 196 Å². The number of anilines is 1. The molecular formula is C26H23N3O3S. The number of benzene rings is 3. The van der Waals surface area contributed by atoms with E-state index in [0.29, 0.717) is 27.7 Å². The van der Waals surface area contributed by atoms with E-state index in [1.54, 1.807) is 37.4 Å². The van der Waals surface area contributed by atoms with Crippen LogP contribution in [0.25, 0.3) is 5.69 Å². The van der Waals surface area contributed by atoms with Crippen molar-refractivity contribution < 1.29 is 9.53 Å². The van der Waals surface area contributed by atoms with Gasteiger partial charge in [-0.2, -0.15) is 9.78 Å². The molecule has 4 rings (SSSR count). The van der Waals surface area contributed by atoms with E-state index >= 15 is 0 Å². The molecule has 0 unspecified atom stereocenters. The quantitative estimate of drug-likeness (QED) is 0.427. The molecule has 0 atom stereocenters. The number of carbonyl (C=O) groups is 1. The number of nitrogens with one attached hydrogen (secondary N) is 1. The summed E-state index contributed by atoms with van der Waals surface area (Å²) in [6.45, 7) is 3.98. The molecule has 0 spiro atoms. The molecule has 0 aliphatic heterocycles. The third kappa shape index (κ3) is 5.32. The van der Waals surface area contributed by atoms with E-state index in [-0.39, 0.29) is 11.5 Å². The highest BCUT2D eigenvalue weighted by Crippen LogP contribution is 2.27. The van der Waals surface area contributed by atoms with E-state index in [0.717, 1.165) is 10.5 Å². The summed E-state index contributed by atoms with van der Waals surface area (Å²) in [4.78, 5) is 26.2. The predicted molar refractivity (Wildman–Crippen MR) is 131 cm³/mol. The van der Waals surface area contributed by atoms with E-state index < -0.39 is 0 Å². The van der Waals surface area contributed by atoms with E-state index in [4.69, 9.17) is 4.74 Å². The van der Waals surface area contributed by atoms with E-state index in [9.17, 15) is 9.59 Å². The molecule has 0 saturated carbocycles. The number of rotatable bonds is 6. The van der Waals surface area contributed by atoms with Crippen LogP contribution in [0.1, 0.15) is 21.5 Å². The summed E-state index contributed by atoms with van der Waals surface area (Å²) in [5.41, 5.74) is 3.59. The number of hydrogen-bond donors (Lipinski definition) is 1. The zero-order chi connectivity index (χ0) is 23.4. The van der Waals surface area contributed by atoms with Crippen molar-refractivity contribution in [2.24, 2.45) is 0 Å². The molecule has 3 aromatic carbocycles. The van der Waals surface area contributed by atoms with Crippen molar-refractivity contribution in [1.82, 2.24) is 9.78 Å². The molecule has 1 N–H and O–H groups in total. The highest BCUT2D eigenvalue weighted by molar-refractivity contribution is 7.99. The fourth-order valence-corrected chi connectivity index (χ4v) is 4.00. The summed E-state index contributed by atoms with van der Waals surface area (Å²) in [6.07, 6.45) is 0. The monoisotopic (exact) mass is 457 g/mol. The number of carbonyl (C=O) groups excluding carboxylic acids is 1. The van der Waals surface area contributed by atoms with Crippen LogP contribution in [-0.4, -0.2) is 22.8 Å². The van der Waals surface area contributed by atoms with E-state index in [1.807, 2.05) is 56.3 Å². The zero-order valence-electron chi connectivity index (χ0n) is 18.5. The summed E-state index contributed by atoms with van der Waals surface area (Å²) in [5, 5.41) is 8.06. The Morgan fingerprint density at radius 1 is 0.909 bits per heavy atom. The molecule has 6 nitrogen and oxygen atoms in total. The van der Waals surface area contributed by atoms with Crippen molar-refractivity contribution in [2.45, 2.75) is 23.8 Å². The molecule has 0 aliphatic carbocycles. The van der Waals surface area contributed by atoms with Crippen molar-refractivity contribution in [3.63, 3.8) is 0 Å². The van der Waals surface area contributed by atoms with Crippen molar-refractivity contribution in [3.05, 3.63) is 106 Å². The Bertz CT molecular complexity index is 1350. The molecule has 1 heterocycles. The number of nitrogens with zero attached hydrogens (tertiary/aromatic N) is 2. The lowest BCUT2D eigenvalue weighted by Gasteiger charge is -2.12. The van der Waals surface area contributed by atoms with Crippen molar-refractivity contribution in [1.29, 1.82) is 0 Å². The molecule has 1 amide bonds. The molecule has 0 fully saturated rings. The number of hydrogen-bond acceptors (Lipinski definition) is 5. The summed E-state index contributed by atoms with van der Waals surface area (Å²) in [5.74, 6) is 0.318. The fraction of sp³-hybridized carbons (Fsp3) is 0.115. The van der Waals surface area contributed by atoms with E-state index in [1.165, 1.54) is 28.1 Å². The van der Waals surface area contributed by atoms with Gasteiger partial charge in [0, 0.05) is 16.5 Å². The van der Waals surface area contributed by atoms with Gasteiger partial charge < -0.3 is 10.1 Å². The first kappa shape index (κ1) is 22.4. The normalized spacial score (nSPS) is 10.6. The Morgan fingerprint density at radius 2 is 1.61 bits per heavy atom. The van der Waals surface area contributed by atoms with Gasteiger partial charge in [0.05, 0.1) is 18.5 Å². The predicted octanol–water partition coefficient (Wildman–Crippen LogP) is 5.26. The molecule has 0 aliphatic rings. The smallest absolute Gasteiger partial charge is 0.271 e. The van der Waals surface area contributed by atoms with Gasteiger partial charge in [-0.25, -0.2) is 0 Å². The highest BCUT2D eigenvalue weighted by Gasteiger charge is 2.11. The Kier molecular flexibility index (Phi) is 6.60. The topological polar surface area (TPSA) is 73.2 Å². The second-order valence-corrected chi connectivity index (χ2v) is 8.64. The second-order valence-electron chi connectivity index (χ2n) is 7.54. The molecule has 0 bridgehead atoms. The van der Waals surface area contributed by atoms with Gasteiger partial charge in [-0.15, -0.1) is 0 Å². The fourth-order valence-electron chi connectivity index (χ4n) is 3.23. The Balaban J connectivity index is 1.54. The average Bonchev–Trinajstić information content (AvgIpc) is 2.82. The van der Waals surface area contributed by atoms with Crippen LogP contribution in [0.5, 0.6) is 5.75 Å². The Morgan fingerprint density at radius 3 is 2.30 bits per heavy atom. The minimum atomic E-state index is -0.269. The minimum Gasteiger partial charge on any atom is -0.495 e. The van der Waals surface area contributed by atoms with Gasteiger partial charge in [0.2, 0.25) is 0 Å². The lowest BCUT2D eigenvalue weighted by molar-refractivity contribution is 0.102. The van der Waals surface area contributed by atoms with Crippen LogP contribution in [0.4, 0.5) is 5.69 Å². The first-order chi connectivity index (χ1) is 15.9. The number of methoxy groups -OCH3 is 1. The van der Waals surface area contributed by atoms with Gasteiger partial charge >= 0.3 is 0 Å². The third-order valence-corrected chi connectivity index (χ3v) is 5.93. The van der Waals surface area contributed by atoms with Gasteiger partial charge in [-0.3, -0.25) is 9.59 Å². The summed E-state index contributed by atoms with van der Waals surface area (Å²) in [7, 11) is 1.56. The molecule has 7 heteroatoms. The number of amides is 1. The largest absolute Gasteiger partial charge is 0.495 e. The first-order valence-electron chi connectivity index (χ1n) is 10.3. The lowest BCUT2D eigenvalue weighted by Crippen LogP contribution is -2.20. The third-order valence-electron chi connectivity index (χ3n) is 5.00. The highest BCUT2D eigenvalue weighted by atomic mass is 32.2. The van der Waals surface area contributed by atoms with Crippen LogP contribution >= 0.6 is 11.8 Å². The molecule has 166 valence electrons. The standard InChI is InChI=1S/C26H23N3O3S/c1-17-4-11-21(12-5-17)33-24-14-15-25(30)29(28-24)20-9-7-19(8-10-20)26(31)27-22-16-18(2)6-13-23(22)32-3/h4-16H,1-3H3,(H,27,31). The minimum absolute atomic E-state index is 0.245. The maximum atomic E-state index is 12.7. The zero-order valence-corrected chi connectivity index (χ0v) is 19.3. The van der Waals surface area contributed by atoms with Crippen molar-refractivity contribution in [2.75, 3.05) is 12.4 Å². The van der Waals surface area contributed by atoms with Crippen LogP contribution in [0.2, 0.25) is 0 Å². The molecule has 33 heavy (non-hydrogen) atoms. The van der Waals surface area contributed by atoms with E-state index in [2.05, 4.69) is 10.4 Å². The molecular weight excluding hydrogens is 434 g/mol. The molecule has 0 radical (unpaired) electrons. The SMILES string of the molecule is COc1ccc(C)cc1NC(=O)c1ccc(-n2nc(Sc3ccc(C)cc3)ccc2=O)cc1. The first-order valence-corrected chi connectivity index (χ1v) is 11.2. The van der Waals surface area contributed by atoms with Crippen molar-refractivity contribution in [3.8, 4) is 11.4 Å². The van der Waals surface area contributed by atoms with Gasteiger partial charge in [-0.05, 0) is 74.0 Å². The van der Waals surface area contributed by atoms with Crippen LogP contribution < -0.4 is 15.6 Å². The average molecular weight is 458 g/mol. The second kappa shape index (κ2) is 9.75. The van der Waals surface area contributed by atoms with Gasteiger partial charge in [0.25, 0.3) is 11.5 Å². The summed E-state index contributed by atoms with van der Waals surface area (Å²) in [6, 6.07) is 23.6. The number of aromatic nitrogens is 2. The summed E-state index contributed by atoms with van der Waals surface area (Å²) < 4.78 is 6.66. The van der Waals surface area contributed by atoms with Crippen LogP contribution in [0.3, 0.4) is 0 Å². The van der Waals surface area contributed by atoms with Gasteiger partial charge in [-0.1, -0.05) is 35.5 Å².